The molecule has 0 spiro atoms. The van der Waals surface area contributed by atoms with Crippen molar-refractivity contribution in [2.45, 2.75) is 83.1 Å². The van der Waals surface area contributed by atoms with Gasteiger partial charge in [-0.3, -0.25) is 0 Å². The minimum atomic E-state index is 0.668. The third kappa shape index (κ3) is 7.22. The zero-order valence-corrected chi connectivity index (χ0v) is 46.4. The van der Waals surface area contributed by atoms with Crippen LogP contribution in [0.4, 0.5) is 0 Å². The third-order valence-corrected chi connectivity index (χ3v) is 16.7. The normalized spacial score (nSPS) is 12.1. The van der Waals surface area contributed by atoms with E-state index in [1.807, 2.05) is 0 Å². The molecule has 0 N–H and O–H groups in total. The second kappa shape index (κ2) is 17.3. The van der Waals surface area contributed by atoms with Gasteiger partial charge in [0.05, 0.1) is 0 Å². The van der Waals surface area contributed by atoms with E-state index in [1.54, 1.807) is 0 Å². The fraction of sp³-hybridized carbons (Fsp3) is 0.167. The highest BCUT2D eigenvalue weighted by Gasteiger charge is 2.24. The Bertz CT molecular complexity index is 4370. The van der Waals surface area contributed by atoms with Crippen molar-refractivity contribution in [1.82, 2.24) is 29.9 Å². The summed E-state index contributed by atoms with van der Waals surface area (Å²) in [4.78, 5) is 31.8. The smallest absolute Gasteiger partial charge is 0.164 e. The van der Waals surface area contributed by atoms with Crippen LogP contribution in [0.15, 0.2) is 133 Å². The molecule has 78 heavy (non-hydrogen) atoms. The maximum atomic E-state index is 5.31. The number of nitrogens with zero attached hydrogens (tertiary/aromatic N) is 6. The quantitative estimate of drug-likeness (QED) is 0.154. The van der Waals surface area contributed by atoms with Crippen LogP contribution < -0.4 is 0 Å². The summed E-state index contributed by atoms with van der Waals surface area (Å²) in [5, 5.41) is 17.3. The molecule has 6 heteroatoms. The summed E-state index contributed by atoms with van der Waals surface area (Å²) in [6.45, 7) is 25.9. The molecule has 0 radical (unpaired) electrons. The first-order valence-electron chi connectivity index (χ1n) is 27.2. The molecule has 12 aromatic carbocycles. The molecule has 14 rings (SSSR count). The Labute approximate surface area is 454 Å². The molecule has 0 atom stereocenters. The van der Waals surface area contributed by atoms with E-state index in [9.17, 15) is 0 Å². The second-order valence-electron chi connectivity index (χ2n) is 22.6. The van der Waals surface area contributed by atoms with Gasteiger partial charge in [-0.05, 0) is 227 Å². The summed E-state index contributed by atoms with van der Waals surface area (Å²) < 4.78 is 0. The van der Waals surface area contributed by atoms with Gasteiger partial charge in [0.1, 0.15) is 0 Å². The molecular weight excluding hydrogens is 949 g/mol. The maximum absolute atomic E-state index is 5.31. The predicted octanol–water partition coefficient (Wildman–Crippen LogP) is 18.7. The number of benzene rings is 10. The third-order valence-electron chi connectivity index (χ3n) is 16.7. The molecular formula is C72H58N6. The molecule has 2 aromatic heterocycles. The molecule has 0 aliphatic rings. The van der Waals surface area contributed by atoms with Crippen molar-refractivity contribution in [2.75, 3.05) is 0 Å². The van der Waals surface area contributed by atoms with E-state index in [0.29, 0.717) is 34.9 Å². The van der Waals surface area contributed by atoms with Crippen LogP contribution >= 0.6 is 0 Å². The Balaban J connectivity index is 0.950. The summed E-state index contributed by atoms with van der Waals surface area (Å²) in [5.41, 5.74) is 20.3. The summed E-state index contributed by atoms with van der Waals surface area (Å²) in [6, 6.07) is 49.9. The lowest BCUT2D eigenvalue weighted by Crippen LogP contribution is -2.04. The van der Waals surface area contributed by atoms with Gasteiger partial charge >= 0.3 is 0 Å². The standard InChI is InChI=1S/C72H58N6/c1-35-23-39(5)61(40(6)24-35)69-73-67(74-70(77-69)62-41(7)25-36(2)26-42(62)8)47-19-21-49-55(31-47)51-15-13-17-53-58-34-60-50-22-20-48(32-56(50)52-16-14-18-54(66(52)60)57(58)33-59(49)65(51)53)68-75-71(63-43(9)27-37(3)28-44(63)10)78-72(76-68)64-45(11)29-38(4)30-46(64)12/h13-34H,1-12H3. The topological polar surface area (TPSA) is 77.3 Å². The first-order valence-corrected chi connectivity index (χ1v) is 27.2. The monoisotopic (exact) mass is 1010 g/mol. The summed E-state index contributed by atoms with van der Waals surface area (Å²) in [6.07, 6.45) is 0. The molecule has 14 aromatic rings. The number of hydrogen-bond acceptors (Lipinski definition) is 6. The molecule has 0 unspecified atom stereocenters. The van der Waals surface area contributed by atoms with E-state index in [1.165, 1.54) is 97.7 Å². The molecule has 0 amide bonds. The Morgan fingerprint density at radius 3 is 0.718 bits per heavy atom. The van der Waals surface area contributed by atoms with Crippen molar-refractivity contribution in [2.24, 2.45) is 0 Å². The number of rotatable bonds is 6. The molecule has 0 fully saturated rings. The molecule has 0 saturated carbocycles. The van der Waals surface area contributed by atoms with Crippen molar-refractivity contribution < 1.29 is 0 Å². The number of aromatic nitrogens is 6. The van der Waals surface area contributed by atoms with Crippen LogP contribution in [0, 0.1) is 83.1 Å². The lowest BCUT2D eigenvalue weighted by molar-refractivity contribution is 1.06. The lowest BCUT2D eigenvalue weighted by Gasteiger charge is -2.15. The Kier molecular flexibility index (Phi) is 10.5. The van der Waals surface area contributed by atoms with Crippen LogP contribution in [-0.2, 0) is 0 Å². The Hall–Kier alpha value is -9.00. The zero-order chi connectivity index (χ0) is 53.7. The number of aryl methyl sites for hydroxylation is 12. The van der Waals surface area contributed by atoms with E-state index in [2.05, 4.69) is 217 Å². The molecule has 6 nitrogen and oxygen atoms in total. The average Bonchev–Trinajstić information content (AvgIpc) is 4.05. The van der Waals surface area contributed by atoms with Crippen LogP contribution in [0.1, 0.15) is 66.8 Å². The summed E-state index contributed by atoms with van der Waals surface area (Å²) >= 11 is 0. The van der Waals surface area contributed by atoms with Crippen LogP contribution in [0.5, 0.6) is 0 Å². The highest BCUT2D eigenvalue weighted by atomic mass is 15.0. The van der Waals surface area contributed by atoms with Crippen LogP contribution in [0.3, 0.4) is 0 Å². The molecule has 0 saturated heterocycles. The van der Waals surface area contributed by atoms with Crippen molar-refractivity contribution in [1.29, 1.82) is 0 Å². The van der Waals surface area contributed by atoms with E-state index in [-0.39, 0.29) is 0 Å². The summed E-state index contributed by atoms with van der Waals surface area (Å²) in [7, 11) is 0. The Morgan fingerprint density at radius 1 is 0.205 bits per heavy atom. The molecule has 2 heterocycles. The first kappa shape index (κ1) is 47.5. The SMILES string of the molecule is Cc1cc(C)c(-c2nc(-c3ccc4c(c3)c3cccc5c6cc7c8ccc(-c9nc(-c%10c(C)cc(C)cc%10C)nc(-c%10c(C)cc(C)cc%10C)n9)cc8c8cccc(c6cc4c35)c87)nc(-c3c(C)cc(C)cc3C)n2)c(C)c1. The van der Waals surface area contributed by atoms with E-state index in [4.69, 9.17) is 29.9 Å². The van der Waals surface area contributed by atoms with Gasteiger partial charge in [-0.25, -0.2) is 29.9 Å². The van der Waals surface area contributed by atoms with Gasteiger partial charge in [-0.2, -0.15) is 0 Å². The van der Waals surface area contributed by atoms with Crippen molar-refractivity contribution >= 4 is 75.4 Å². The van der Waals surface area contributed by atoms with Gasteiger partial charge < -0.3 is 0 Å². The molecule has 0 bridgehead atoms. The zero-order valence-electron chi connectivity index (χ0n) is 46.4. The fourth-order valence-corrected chi connectivity index (χ4v) is 13.9. The molecule has 0 aliphatic heterocycles. The largest absolute Gasteiger partial charge is 0.208 e. The van der Waals surface area contributed by atoms with E-state index in [0.717, 1.165) is 77.9 Å². The predicted molar refractivity (Wildman–Crippen MR) is 328 cm³/mol. The minimum absolute atomic E-state index is 0.668. The van der Waals surface area contributed by atoms with Crippen LogP contribution in [0.25, 0.3) is 144 Å². The lowest BCUT2D eigenvalue weighted by atomic mass is 9.93. The van der Waals surface area contributed by atoms with Gasteiger partial charge in [0.25, 0.3) is 0 Å². The first-order chi connectivity index (χ1) is 37.6. The number of fused-ring (bicyclic) bond motifs is 9. The van der Waals surface area contributed by atoms with Gasteiger partial charge in [-0.1, -0.05) is 131 Å². The van der Waals surface area contributed by atoms with Gasteiger partial charge in [0.2, 0.25) is 0 Å². The van der Waals surface area contributed by atoms with Gasteiger partial charge in [-0.15, -0.1) is 0 Å². The van der Waals surface area contributed by atoms with Gasteiger partial charge in [0.15, 0.2) is 34.9 Å². The Morgan fingerprint density at radius 2 is 0.449 bits per heavy atom. The van der Waals surface area contributed by atoms with E-state index < -0.39 is 0 Å². The molecule has 0 aliphatic carbocycles. The van der Waals surface area contributed by atoms with Crippen molar-refractivity contribution in [3.63, 3.8) is 0 Å². The highest BCUT2D eigenvalue weighted by molar-refractivity contribution is 6.41. The highest BCUT2D eigenvalue weighted by Crippen LogP contribution is 2.49. The van der Waals surface area contributed by atoms with Gasteiger partial charge in [0, 0.05) is 33.4 Å². The second-order valence-corrected chi connectivity index (χ2v) is 22.6. The average molecular weight is 1010 g/mol. The van der Waals surface area contributed by atoms with Crippen molar-refractivity contribution in [3.8, 4) is 68.3 Å². The van der Waals surface area contributed by atoms with E-state index >= 15 is 0 Å². The fourth-order valence-electron chi connectivity index (χ4n) is 13.9. The molecule has 376 valence electrons. The summed E-state index contributed by atoms with van der Waals surface area (Å²) in [5.74, 6) is 4.13. The number of hydrogen-bond donors (Lipinski definition) is 0. The maximum Gasteiger partial charge on any atom is 0.164 e. The van der Waals surface area contributed by atoms with Crippen LogP contribution in [0.2, 0.25) is 0 Å². The minimum Gasteiger partial charge on any atom is -0.208 e. The van der Waals surface area contributed by atoms with Crippen molar-refractivity contribution in [3.05, 3.63) is 200 Å². The van der Waals surface area contributed by atoms with Crippen LogP contribution in [-0.4, -0.2) is 29.9 Å².